The highest BCUT2D eigenvalue weighted by Gasteiger charge is 2.23. The molecular weight excluding hydrogens is 354 g/mol. The van der Waals surface area contributed by atoms with Gasteiger partial charge in [-0.25, -0.2) is 4.99 Å². The average Bonchev–Trinajstić information content (AvgIpc) is 2.71. The molecule has 2 rings (SSSR count). The predicted molar refractivity (Wildman–Crippen MR) is 112 cm³/mol. The van der Waals surface area contributed by atoms with Crippen LogP contribution < -0.4 is 16.8 Å². The summed E-state index contributed by atoms with van der Waals surface area (Å²) in [4.78, 5) is 22.0. The monoisotopic (exact) mass is 379 g/mol. The molecule has 0 radical (unpaired) electrons. The molecule has 0 aliphatic carbocycles. The zero-order valence-corrected chi connectivity index (χ0v) is 16.4. The van der Waals surface area contributed by atoms with Gasteiger partial charge in [-0.3, -0.25) is 9.79 Å². The molecule has 0 saturated carbocycles. The molecule has 146 valence electrons. The van der Waals surface area contributed by atoms with Crippen LogP contribution in [0.4, 0.5) is 5.69 Å². The molecule has 1 heterocycles. The number of carbonyl (C=O) groups excluding carboxylic acids is 1. The molecule has 0 fully saturated rings. The van der Waals surface area contributed by atoms with Crippen LogP contribution in [0.25, 0.3) is 5.57 Å². The highest BCUT2D eigenvalue weighted by Crippen LogP contribution is 2.27. The number of amidine groups is 1. The highest BCUT2D eigenvalue weighted by molar-refractivity contribution is 6.11. The van der Waals surface area contributed by atoms with E-state index in [0.717, 1.165) is 11.3 Å². The minimum Gasteiger partial charge on any atom is -0.404 e. The standard InChI is InChI=1S/C20H25N7O/c1-13(28)27-8-7-18(25-3)17(12-27)20(23)26-19-6-4-5-15(16(19)10-22)14(9-21)11-24-2/h4-6,9,11,25H,7-8,12,21H2,1-3H3,(H2,23,26). The molecule has 1 aliphatic rings. The van der Waals surface area contributed by atoms with Crippen LogP contribution in [0.15, 0.2) is 45.7 Å². The van der Waals surface area contributed by atoms with Crippen molar-refractivity contribution in [1.29, 1.82) is 5.26 Å². The number of nitrogens with zero attached hydrogens (tertiary/aromatic N) is 4. The molecule has 8 heteroatoms. The molecule has 0 aromatic heterocycles. The normalized spacial score (nSPS) is 15.7. The van der Waals surface area contributed by atoms with Gasteiger partial charge in [0.15, 0.2) is 0 Å². The van der Waals surface area contributed by atoms with E-state index in [-0.39, 0.29) is 11.7 Å². The third-order valence-corrected chi connectivity index (χ3v) is 4.56. The average molecular weight is 379 g/mol. The molecule has 0 bridgehead atoms. The maximum absolute atomic E-state index is 11.8. The molecular formula is C20H25N7O. The Bertz CT molecular complexity index is 919. The van der Waals surface area contributed by atoms with E-state index < -0.39 is 0 Å². The number of rotatable bonds is 5. The fourth-order valence-electron chi connectivity index (χ4n) is 3.07. The zero-order valence-electron chi connectivity index (χ0n) is 16.4. The van der Waals surface area contributed by atoms with Gasteiger partial charge in [0.05, 0.1) is 17.8 Å². The summed E-state index contributed by atoms with van der Waals surface area (Å²) in [6.07, 6.45) is 3.65. The van der Waals surface area contributed by atoms with Gasteiger partial charge in [-0.1, -0.05) is 12.1 Å². The fourth-order valence-corrected chi connectivity index (χ4v) is 3.07. The van der Waals surface area contributed by atoms with E-state index in [2.05, 4.69) is 21.4 Å². The molecule has 0 unspecified atom stereocenters. The number of allylic oxidation sites excluding steroid dienone is 1. The van der Waals surface area contributed by atoms with Crippen LogP contribution in [-0.4, -0.2) is 50.0 Å². The predicted octanol–water partition coefficient (Wildman–Crippen LogP) is 1.27. The van der Waals surface area contributed by atoms with E-state index in [9.17, 15) is 10.1 Å². The molecule has 1 amide bonds. The number of benzene rings is 1. The van der Waals surface area contributed by atoms with Gasteiger partial charge in [0.2, 0.25) is 5.91 Å². The van der Waals surface area contributed by atoms with Crippen molar-refractivity contribution in [1.82, 2.24) is 10.2 Å². The van der Waals surface area contributed by atoms with Gasteiger partial charge in [-0.05, 0) is 6.07 Å². The topological polar surface area (TPSA) is 133 Å². The van der Waals surface area contributed by atoms with Gasteiger partial charge in [-0.15, -0.1) is 0 Å². The number of amides is 1. The summed E-state index contributed by atoms with van der Waals surface area (Å²) in [6.45, 7) is 2.53. The Morgan fingerprint density at radius 2 is 2.18 bits per heavy atom. The third-order valence-electron chi connectivity index (χ3n) is 4.56. The molecule has 28 heavy (non-hydrogen) atoms. The first-order chi connectivity index (χ1) is 13.5. The first kappa shape index (κ1) is 20.7. The van der Waals surface area contributed by atoms with E-state index in [1.807, 2.05) is 7.05 Å². The van der Waals surface area contributed by atoms with E-state index in [1.54, 1.807) is 36.4 Å². The van der Waals surface area contributed by atoms with Crippen LogP contribution in [-0.2, 0) is 4.79 Å². The maximum Gasteiger partial charge on any atom is 0.219 e. The second kappa shape index (κ2) is 9.37. The Labute approximate surface area is 164 Å². The van der Waals surface area contributed by atoms with Crippen LogP contribution in [0.3, 0.4) is 0 Å². The number of hydrogen-bond acceptors (Lipinski definition) is 6. The van der Waals surface area contributed by atoms with Crippen LogP contribution in [0.1, 0.15) is 24.5 Å². The molecule has 1 aliphatic heterocycles. The number of hydrogen-bond donors (Lipinski definition) is 3. The third kappa shape index (κ3) is 4.38. The van der Waals surface area contributed by atoms with Gasteiger partial charge in [0.1, 0.15) is 11.9 Å². The van der Waals surface area contributed by atoms with Crippen LogP contribution in [0.5, 0.6) is 0 Å². The lowest BCUT2D eigenvalue weighted by Gasteiger charge is -2.29. The van der Waals surface area contributed by atoms with Crippen molar-refractivity contribution in [2.75, 3.05) is 27.2 Å². The number of nitrogens with one attached hydrogen (secondary N) is 1. The van der Waals surface area contributed by atoms with Crippen LogP contribution in [0.2, 0.25) is 0 Å². The molecule has 0 saturated heterocycles. The highest BCUT2D eigenvalue weighted by atomic mass is 16.2. The van der Waals surface area contributed by atoms with E-state index in [4.69, 9.17) is 11.5 Å². The van der Waals surface area contributed by atoms with Crippen LogP contribution in [0, 0.1) is 11.3 Å². The number of nitriles is 1. The van der Waals surface area contributed by atoms with Crippen molar-refractivity contribution < 1.29 is 4.79 Å². The van der Waals surface area contributed by atoms with Crippen molar-refractivity contribution >= 4 is 29.2 Å². The molecule has 0 spiro atoms. The Morgan fingerprint density at radius 1 is 1.43 bits per heavy atom. The van der Waals surface area contributed by atoms with Gasteiger partial charge < -0.3 is 21.7 Å². The summed E-state index contributed by atoms with van der Waals surface area (Å²) < 4.78 is 0. The lowest BCUT2D eigenvalue weighted by molar-refractivity contribution is -0.128. The van der Waals surface area contributed by atoms with Crippen molar-refractivity contribution in [2.45, 2.75) is 13.3 Å². The minimum atomic E-state index is -0.0169. The summed E-state index contributed by atoms with van der Waals surface area (Å²) in [5.74, 6) is 0.253. The molecule has 0 atom stereocenters. The largest absolute Gasteiger partial charge is 0.404 e. The Balaban J connectivity index is 2.53. The summed E-state index contributed by atoms with van der Waals surface area (Å²) >= 11 is 0. The number of carbonyl (C=O) groups is 1. The van der Waals surface area contributed by atoms with Gasteiger partial charge in [-0.2, -0.15) is 5.26 Å². The Morgan fingerprint density at radius 3 is 2.75 bits per heavy atom. The van der Waals surface area contributed by atoms with Crippen molar-refractivity contribution in [3.63, 3.8) is 0 Å². The van der Waals surface area contributed by atoms with Gasteiger partial charge in [0.25, 0.3) is 0 Å². The first-order valence-electron chi connectivity index (χ1n) is 8.84. The van der Waals surface area contributed by atoms with Crippen molar-refractivity contribution in [3.05, 3.63) is 46.8 Å². The SMILES string of the molecule is CN=CC(=CN)c1cccc(N=C(N)C2=C(NC)CCN(C(C)=O)C2)c1C#N. The van der Waals surface area contributed by atoms with E-state index >= 15 is 0 Å². The quantitative estimate of drug-likeness (QED) is 0.523. The van der Waals surface area contributed by atoms with Crippen molar-refractivity contribution in [3.8, 4) is 6.07 Å². The van der Waals surface area contributed by atoms with Gasteiger partial charge in [0, 0.05) is 68.8 Å². The summed E-state index contributed by atoms with van der Waals surface area (Å²) in [7, 11) is 3.45. The molecule has 1 aromatic carbocycles. The zero-order chi connectivity index (χ0) is 20.7. The number of nitrogens with two attached hydrogens (primary N) is 2. The van der Waals surface area contributed by atoms with Crippen LogP contribution >= 0.6 is 0 Å². The Kier molecular flexibility index (Phi) is 6.93. The smallest absolute Gasteiger partial charge is 0.219 e. The van der Waals surface area contributed by atoms with E-state index in [1.165, 1.54) is 13.1 Å². The second-order valence-corrected chi connectivity index (χ2v) is 6.22. The maximum atomic E-state index is 11.8. The van der Waals surface area contributed by atoms with Gasteiger partial charge >= 0.3 is 0 Å². The second-order valence-electron chi connectivity index (χ2n) is 6.22. The number of aliphatic imine (C=N–C) groups is 2. The van der Waals surface area contributed by atoms with E-state index in [0.29, 0.717) is 41.9 Å². The minimum absolute atomic E-state index is 0.0169. The molecule has 1 aromatic rings. The lowest BCUT2D eigenvalue weighted by atomic mass is 10.00. The lowest BCUT2D eigenvalue weighted by Crippen LogP contribution is -2.40. The fraction of sp³-hybridized carbons (Fsp3) is 0.300. The first-order valence-corrected chi connectivity index (χ1v) is 8.84. The summed E-state index contributed by atoms with van der Waals surface area (Å²) in [6, 6.07) is 7.47. The molecule has 8 nitrogen and oxygen atoms in total. The summed E-state index contributed by atoms with van der Waals surface area (Å²) in [5.41, 5.74) is 15.7. The molecule has 5 N–H and O–H groups in total. The van der Waals surface area contributed by atoms with Crippen molar-refractivity contribution in [2.24, 2.45) is 21.5 Å². The Hall–Kier alpha value is -3.60. The summed E-state index contributed by atoms with van der Waals surface area (Å²) in [5, 5.41) is 12.8.